The third kappa shape index (κ3) is 1.89. The van der Waals surface area contributed by atoms with Gasteiger partial charge in [0.25, 0.3) is 0 Å². The van der Waals surface area contributed by atoms with Crippen LogP contribution >= 0.6 is 31.9 Å². The molecule has 0 heterocycles. The van der Waals surface area contributed by atoms with Crippen molar-refractivity contribution in [2.24, 2.45) is 0 Å². The predicted octanol–water partition coefficient (Wildman–Crippen LogP) is 3.97. The molecule has 1 aliphatic carbocycles. The van der Waals surface area contributed by atoms with Gasteiger partial charge in [-0.25, -0.2) is 0 Å². The minimum absolute atomic E-state index is 0.546. The summed E-state index contributed by atoms with van der Waals surface area (Å²) in [6.07, 6.45) is 3.28. The number of halogens is 2. The molecule has 0 aliphatic heterocycles. The molecule has 0 saturated heterocycles. The van der Waals surface area contributed by atoms with Crippen molar-refractivity contribution >= 4 is 31.9 Å². The lowest BCUT2D eigenvalue weighted by molar-refractivity contribution is 0.413. The lowest BCUT2D eigenvalue weighted by Crippen LogP contribution is -2.14. The van der Waals surface area contributed by atoms with Gasteiger partial charge in [0, 0.05) is 5.92 Å². The first-order chi connectivity index (χ1) is 6.70. The molecule has 1 atom stereocenters. The summed E-state index contributed by atoms with van der Waals surface area (Å²) >= 11 is 6.77. The van der Waals surface area contributed by atoms with Gasteiger partial charge in [-0.15, -0.1) is 0 Å². The van der Waals surface area contributed by atoms with Crippen molar-refractivity contribution in [3.8, 4) is 5.75 Å². The maximum atomic E-state index is 5.17. The Kier molecular flexibility index (Phi) is 2.98. The highest BCUT2D eigenvalue weighted by Crippen LogP contribution is 2.39. The van der Waals surface area contributed by atoms with E-state index in [1.54, 1.807) is 7.11 Å². The molecule has 0 N–H and O–H groups in total. The van der Waals surface area contributed by atoms with Crippen LogP contribution in [0.3, 0.4) is 0 Å². The molecule has 1 nitrogen and oxygen atoms in total. The van der Waals surface area contributed by atoms with Crippen LogP contribution in [0.25, 0.3) is 0 Å². The number of rotatable bonds is 2. The summed E-state index contributed by atoms with van der Waals surface area (Å²) in [5.41, 5.74) is 2.80. The highest BCUT2D eigenvalue weighted by molar-refractivity contribution is 9.28. The third-order valence-corrected chi connectivity index (χ3v) is 3.05. The Bertz CT molecular complexity index is 381. The van der Waals surface area contributed by atoms with Gasteiger partial charge in [0.15, 0.2) is 0 Å². The Morgan fingerprint density at radius 1 is 1.50 bits per heavy atom. The lowest BCUT2D eigenvalue weighted by atomic mass is 9.78. The fraction of sp³-hybridized carbons (Fsp3) is 0.273. The van der Waals surface area contributed by atoms with Gasteiger partial charge in [0.2, 0.25) is 0 Å². The Labute approximate surface area is 100 Å². The van der Waals surface area contributed by atoms with E-state index in [1.807, 2.05) is 6.07 Å². The minimum Gasteiger partial charge on any atom is -0.497 e. The second-order valence-corrected chi connectivity index (χ2v) is 6.10. The van der Waals surface area contributed by atoms with Gasteiger partial charge >= 0.3 is 0 Å². The quantitative estimate of drug-likeness (QED) is 0.802. The number of ether oxygens (including phenoxy) is 1. The van der Waals surface area contributed by atoms with Gasteiger partial charge in [-0.1, -0.05) is 12.1 Å². The van der Waals surface area contributed by atoms with Crippen LogP contribution < -0.4 is 4.74 Å². The average molecular weight is 318 g/mol. The minimum atomic E-state index is 0.546. The van der Waals surface area contributed by atoms with Crippen molar-refractivity contribution in [2.45, 2.75) is 12.3 Å². The van der Waals surface area contributed by atoms with Crippen molar-refractivity contribution in [2.75, 3.05) is 7.11 Å². The first-order valence-electron chi connectivity index (χ1n) is 4.40. The molecule has 0 radical (unpaired) electrons. The zero-order chi connectivity index (χ0) is 10.1. The zero-order valence-corrected chi connectivity index (χ0v) is 10.9. The van der Waals surface area contributed by atoms with E-state index in [4.69, 9.17) is 4.74 Å². The summed E-state index contributed by atoms with van der Waals surface area (Å²) < 4.78 is 6.19. The van der Waals surface area contributed by atoms with Crippen molar-refractivity contribution < 1.29 is 4.74 Å². The Morgan fingerprint density at radius 2 is 2.29 bits per heavy atom. The Balaban J connectivity index is 2.23. The van der Waals surface area contributed by atoms with Crippen molar-refractivity contribution in [3.05, 3.63) is 38.8 Å². The van der Waals surface area contributed by atoms with E-state index in [0.29, 0.717) is 5.92 Å². The number of hydrogen-bond acceptors (Lipinski definition) is 1. The van der Waals surface area contributed by atoms with Gasteiger partial charge < -0.3 is 4.74 Å². The first-order valence-corrected chi connectivity index (χ1v) is 5.99. The molecule has 0 spiro atoms. The second kappa shape index (κ2) is 4.07. The number of allylic oxidation sites excluding steroid dienone is 1. The van der Waals surface area contributed by atoms with Crippen LogP contribution in [0.2, 0.25) is 0 Å². The molecular formula is C11H10Br2O. The van der Waals surface area contributed by atoms with Crippen molar-refractivity contribution in [1.82, 2.24) is 0 Å². The molecule has 2 rings (SSSR count). The highest BCUT2D eigenvalue weighted by Gasteiger charge is 2.24. The van der Waals surface area contributed by atoms with Gasteiger partial charge in [0.1, 0.15) is 5.75 Å². The van der Waals surface area contributed by atoms with Crippen LogP contribution in [0.15, 0.2) is 27.7 Å². The van der Waals surface area contributed by atoms with E-state index in [0.717, 1.165) is 15.6 Å². The predicted molar refractivity (Wildman–Crippen MR) is 65.4 cm³/mol. The topological polar surface area (TPSA) is 9.23 Å². The fourth-order valence-corrected chi connectivity index (χ4v) is 2.40. The summed E-state index contributed by atoms with van der Waals surface area (Å²) in [7, 11) is 1.70. The summed E-state index contributed by atoms with van der Waals surface area (Å²) in [5, 5.41) is 0. The van der Waals surface area contributed by atoms with Gasteiger partial charge in [-0.3, -0.25) is 0 Å². The molecular weight excluding hydrogens is 308 g/mol. The van der Waals surface area contributed by atoms with Crippen LogP contribution in [-0.2, 0) is 6.42 Å². The van der Waals surface area contributed by atoms with Crippen LogP contribution in [0, 0.1) is 0 Å². The maximum Gasteiger partial charge on any atom is 0.119 e. The summed E-state index contributed by atoms with van der Waals surface area (Å²) in [4.78, 5) is 0. The molecule has 1 aliphatic rings. The molecule has 3 heteroatoms. The number of methoxy groups -OCH3 is 1. The van der Waals surface area contributed by atoms with Crippen LogP contribution in [0.1, 0.15) is 17.0 Å². The molecule has 14 heavy (non-hydrogen) atoms. The smallest absolute Gasteiger partial charge is 0.119 e. The van der Waals surface area contributed by atoms with E-state index in [1.165, 1.54) is 11.1 Å². The number of hydrogen-bond donors (Lipinski definition) is 0. The van der Waals surface area contributed by atoms with E-state index in [9.17, 15) is 0 Å². The molecule has 0 aromatic heterocycles. The fourth-order valence-electron chi connectivity index (χ4n) is 1.76. The highest BCUT2D eigenvalue weighted by atomic mass is 79.9. The maximum absolute atomic E-state index is 5.17. The SMILES string of the molecule is COc1ccc2c(c1)CC2C=C(Br)Br. The molecule has 74 valence electrons. The monoisotopic (exact) mass is 316 g/mol. The number of fused-ring (bicyclic) bond motifs is 1. The largest absolute Gasteiger partial charge is 0.497 e. The molecule has 0 saturated carbocycles. The second-order valence-electron chi connectivity index (χ2n) is 3.33. The van der Waals surface area contributed by atoms with E-state index >= 15 is 0 Å². The van der Waals surface area contributed by atoms with Crippen LogP contribution in [-0.4, -0.2) is 7.11 Å². The third-order valence-electron chi connectivity index (χ3n) is 2.52. The molecule has 0 fully saturated rings. The lowest BCUT2D eigenvalue weighted by Gasteiger charge is -2.28. The van der Waals surface area contributed by atoms with Crippen molar-refractivity contribution in [1.29, 1.82) is 0 Å². The van der Waals surface area contributed by atoms with E-state index < -0.39 is 0 Å². The van der Waals surface area contributed by atoms with E-state index in [-0.39, 0.29) is 0 Å². The van der Waals surface area contributed by atoms with Gasteiger partial charge in [-0.2, -0.15) is 0 Å². The van der Waals surface area contributed by atoms with E-state index in [2.05, 4.69) is 50.1 Å². The van der Waals surface area contributed by atoms with Crippen molar-refractivity contribution in [3.63, 3.8) is 0 Å². The summed E-state index contributed by atoms with van der Waals surface area (Å²) in [5.74, 6) is 1.49. The molecule has 0 bridgehead atoms. The average Bonchev–Trinajstić information content (AvgIpc) is 2.13. The van der Waals surface area contributed by atoms with Crippen LogP contribution in [0.4, 0.5) is 0 Å². The van der Waals surface area contributed by atoms with Crippen LogP contribution in [0.5, 0.6) is 5.75 Å². The molecule has 1 aromatic rings. The zero-order valence-electron chi connectivity index (χ0n) is 7.76. The molecule has 1 unspecified atom stereocenters. The molecule has 1 aromatic carbocycles. The van der Waals surface area contributed by atoms with Gasteiger partial charge in [0.05, 0.1) is 10.5 Å². The summed E-state index contributed by atoms with van der Waals surface area (Å²) in [6.45, 7) is 0. The Hall–Kier alpha value is -0.280. The number of benzene rings is 1. The summed E-state index contributed by atoms with van der Waals surface area (Å²) in [6, 6.07) is 6.27. The first kappa shape index (κ1) is 10.2. The normalized spacial score (nSPS) is 18.1. The Morgan fingerprint density at radius 3 is 2.86 bits per heavy atom. The standard InChI is InChI=1S/C11H10Br2O/c1-14-9-2-3-10-7(5-9)4-8(10)6-11(12)13/h2-3,5-6,8H,4H2,1H3. The molecule has 0 amide bonds. The van der Waals surface area contributed by atoms with Gasteiger partial charge in [-0.05, 0) is 61.5 Å².